The molecule has 182 valence electrons. The van der Waals surface area contributed by atoms with Crippen LogP contribution in [0.25, 0.3) is 0 Å². The number of anilines is 1. The molecule has 4 rings (SSSR count). The number of aromatic nitrogens is 4. The molecule has 2 N–H and O–H groups in total. The number of halogens is 4. The standard InChI is InChI=1S/C21H22F4N6O3/c1-10-14(22)5-12(6-15(10)23)26-17(33)13-3-4-31(11(13)2)18(34)16(32)7-20(8-21(24,25)9-20)19-27-29-30-28-19/h5-6,11,13H,3-4,7-9H2,1-2H3,(H,26,33)(H,27,28,29,30)/t11-,13-/m0/s1. The average molecular weight is 482 g/mol. The monoisotopic (exact) mass is 482 g/mol. The fourth-order valence-electron chi connectivity index (χ4n) is 4.76. The van der Waals surface area contributed by atoms with Crippen LogP contribution < -0.4 is 5.32 Å². The number of nitrogens with one attached hydrogen (secondary N) is 2. The Kier molecular flexibility index (Phi) is 5.90. The van der Waals surface area contributed by atoms with Gasteiger partial charge in [0.2, 0.25) is 17.6 Å². The van der Waals surface area contributed by atoms with Crippen LogP contribution in [0.15, 0.2) is 12.1 Å². The van der Waals surface area contributed by atoms with Gasteiger partial charge in [-0.1, -0.05) is 5.21 Å². The summed E-state index contributed by atoms with van der Waals surface area (Å²) in [5, 5.41) is 15.4. The maximum Gasteiger partial charge on any atom is 0.290 e. The average Bonchev–Trinajstić information content (AvgIpc) is 3.40. The second-order valence-corrected chi connectivity index (χ2v) is 9.01. The maximum atomic E-state index is 13.8. The normalized spacial score (nSPS) is 22.8. The highest BCUT2D eigenvalue weighted by atomic mass is 19.3. The molecule has 1 aliphatic heterocycles. The Hall–Kier alpha value is -3.38. The number of aromatic amines is 1. The highest BCUT2D eigenvalue weighted by Gasteiger charge is 2.61. The lowest BCUT2D eigenvalue weighted by Crippen LogP contribution is -2.53. The van der Waals surface area contributed by atoms with Crippen molar-refractivity contribution in [3.63, 3.8) is 0 Å². The number of Topliss-reactive ketones (excluding diaryl/α,β-unsaturated/α-hetero) is 1. The molecular formula is C21H22F4N6O3. The summed E-state index contributed by atoms with van der Waals surface area (Å²) in [4.78, 5) is 39.5. The third-order valence-corrected chi connectivity index (χ3v) is 6.65. The van der Waals surface area contributed by atoms with Crippen LogP contribution in [-0.4, -0.2) is 61.6 Å². The lowest BCUT2D eigenvalue weighted by molar-refractivity contribution is -0.154. The van der Waals surface area contributed by atoms with Crippen molar-refractivity contribution >= 4 is 23.3 Å². The molecule has 13 heteroatoms. The van der Waals surface area contributed by atoms with Crippen molar-refractivity contribution in [3.05, 3.63) is 35.2 Å². The minimum Gasteiger partial charge on any atom is -0.333 e. The molecule has 2 aromatic rings. The number of H-pyrrole nitrogens is 1. The first-order chi connectivity index (χ1) is 15.9. The Morgan fingerprint density at radius 2 is 1.85 bits per heavy atom. The lowest BCUT2D eigenvalue weighted by atomic mass is 9.62. The number of tetrazole rings is 1. The van der Waals surface area contributed by atoms with Crippen LogP contribution in [0.4, 0.5) is 23.2 Å². The molecule has 0 unspecified atom stereocenters. The van der Waals surface area contributed by atoms with Gasteiger partial charge < -0.3 is 10.2 Å². The summed E-state index contributed by atoms with van der Waals surface area (Å²) in [5.41, 5.74) is -1.63. The van der Waals surface area contributed by atoms with Crippen LogP contribution in [0.2, 0.25) is 0 Å². The summed E-state index contributed by atoms with van der Waals surface area (Å²) in [6.07, 6.45) is -1.65. The summed E-state index contributed by atoms with van der Waals surface area (Å²) < 4.78 is 54.8. The number of hydrogen-bond acceptors (Lipinski definition) is 6. The quantitative estimate of drug-likeness (QED) is 0.482. The van der Waals surface area contributed by atoms with Gasteiger partial charge in [0.1, 0.15) is 11.6 Å². The highest BCUT2D eigenvalue weighted by molar-refractivity contribution is 6.36. The Labute approximate surface area is 191 Å². The van der Waals surface area contributed by atoms with Crippen LogP contribution in [0.1, 0.15) is 44.0 Å². The van der Waals surface area contributed by atoms with Crippen molar-refractivity contribution in [2.45, 2.75) is 56.9 Å². The van der Waals surface area contributed by atoms with E-state index in [4.69, 9.17) is 0 Å². The zero-order valence-electron chi connectivity index (χ0n) is 18.4. The molecule has 2 atom stereocenters. The van der Waals surface area contributed by atoms with E-state index in [9.17, 15) is 31.9 Å². The van der Waals surface area contributed by atoms with E-state index in [-0.39, 0.29) is 30.0 Å². The SMILES string of the molecule is Cc1c(F)cc(NC(=O)[C@H]2CCN(C(=O)C(=O)CC3(c4nn[nH]n4)CC(F)(F)C3)[C@H]2C)cc1F. The minimum absolute atomic E-state index is 0.0520. The van der Waals surface area contributed by atoms with Crippen molar-refractivity contribution < 1.29 is 31.9 Å². The van der Waals surface area contributed by atoms with E-state index in [2.05, 4.69) is 25.9 Å². The van der Waals surface area contributed by atoms with Gasteiger partial charge in [-0.15, -0.1) is 10.2 Å². The number of likely N-dealkylation sites (tertiary alicyclic amines) is 1. The molecule has 34 heavy (non-hydrogen) atoms. The molecule has 9 nitrogen and oxygen atoms in total. The zero-order chi connectivity index (χ0) is 24.8. The number of benzene rings is 1. The van der Waals surface area contributed by atoms with E-state index in [0.717, 1.165) is 12.1 Å². The molecule has 1 saturated heterocycles. The van der Waals surface area contributed by atoms with Gasteiger partial charge in [0.25, 0.3) is 5.91 Å². The molecule has 1 aliphatic carbocycles. The number of carbonyl (C=O) groups is 3. The van der Waals surface area contributed by atoms with Gasteiger partial charge in [-0.05, 0) is 32.4 Å². The third-order valence-electron chi connectivity index (χ3n) is 6.65. The molecule has 2 aliphatic rings. The number of rotatable bonds is 6. The summed E-state index contributed by atoms with van der Waals surface area (Å²) in [6.45, 7) is 2.93. The number of hydrogen-bond donors (Lipinski definition) is 2. The molecule has 1 aromatic carbocycles. The molecule has 0 bridgehead atoms. The Bertz CT molecular complexity index is 1110. The topological polar surface area (TPSA) is 121 Å². The Morgan fingerprint density at radius 1 is 1.21 bits per heavy atom. The van der Waals surface area contributed by atoms with Crippen molar-refractivity contribution in [2.24, 2.45) is 5.92 Å². The summed E-state index contributed by atoms with van der Waals surface area (Å²) in [7, 11) is 0. The van der Waals surface area contributed by atoms with Gasteiger partial charge in [0.15, 0.2) is 5.82 Å². The molecule has 1 aromatic heterocycles. The molecule has 0 spiro atoms. The minimum atomic E-state index is -3.00. The number of amides is 2. The first kappa shape index (κ1) is 23.8. The van der Waals surface area contributed by atoms with Gasteiger partial charge in [0.05, 0.1) is 11.3 Å². The smallest absolute Gasteiger partial charge is 0.290 e. The van der Waals surface area contributed by atoms with E-state index >= 15 is 0 Å². The summed E-state index contributed by atoms with van der Waals surface area (Å²) >= 11 is 0. The Morgan fingerprint density at radius 3 is 2.41 bits per heavy atom. The highest BCUT2D eigenvalue weighted by Crippen LogP contribution is 2.54. The number of carbonyl (C=O) groups excluding carboxylic acids is 3. The summed E-state index contributed by atoms with van der Waals surface area (Å²) in [5.74, 6) is -7.75. The number of nitrogens with zero attached hydrogens (tertiary/aromatic N) is 4. The van der Waals surface area contributed by atoms with E-state index in [1.165, 1.54) is 11.8 Å². The van der Waals surface area contributed by atoms with Crippen molar-refractivity contribution in [2.75, 3.05) is 11.9 Å². The molecule has 2 fully saturated rings. The predicted octanol–water partition coefficient (Wildman–Crippen LogP) is 2.29. The van der Waals surface area contributed by atoms with E-state index in [0.29, 0.717) is 0 Å². The maximum absolute atomic E-state index is 13.8. The van der Waals surface area contributed by atoms with Gasteiger partial charge in [-0.2, -0.15) is 5.21 Å². The molecule has 2 amide bonds. The van der Waals surface area contributed by atoms with Gasteiger partial charge in [-0.25, -0.2) is 17.6 Å². The van der Waals surface area contributed by atoms with Gasteiger partial charge >= 0.3 is 0 Å². The van der Waals surface area contributed by atoms with E-state index in [1.54, 1.807) is 6.92 Å². The van der Waals surface area contributed by atoms with E-state index < -0.39 is 71.8 Å². The van der Waals surface area contributed by atoms with Crippen LogP contribution in [0.5, 0.6) is 0 Å². The van der Waals surface area contributed by atoms with Crippen molar-refractivity contribution in [3.8, 4) is 0 Å². The van der Waals surface area contributed by atoms with Gasteiger partial charge in [-0.3, -0.25) is 14.4 Å². The predicted molar refractivity (Wildman–Crippen MR) is 109 cm³/mol. The second-order valence-electron chi connectivity index (χ2n) is 9.01. The Balaban J connectivity index is 1.42. The van der Waals surface area contributed by atoms with Crippen LogP contribution in [0.3, 0.4) is 0 Å². The van der Waals surface area contributed by atoms with Gasteiger partial charge in [0, 0.05) is 43.1 Å². The zero-order valence-corrected chi connectivity index (χ0v) is 18.4. The molecular weight excluding hydrogens is 460 g/mol. The lowest BCUT2D eigenvalue weighted by Gasteiger charge is -2.44. The second kappa shape index (κ2) is 8.44. The third kappa shape index (κ3) is 4.26. The van der Waals surface area contributed by atoms with Crippen LogP contribution in [-0.2, 0) is 19.8 Å². The molecule has 2 heterocycles. The number of ketones is 1. The van der Waals surface area contributed by atoms with Crippen molar-refractivity contribution in [1.29, 1.82) is 0 Å². The number of alkyl halides is 2. The first-order valence-corrected chi connectivity index (χ1v) is 10.6. The molecule has 0 radical (unpaired) electrons. The largest absolute Gasteiger partial charge is 0.333 e. The fraction of sp³-hybridized carbons (Fsp3) is 0.524. The first-order valence-electron chi connectivity index (χ1n) is 10.6. The van der Waals surface area contributed by atoms with Crippen LogP contribution in [0, 0.1) is 24.5 Å². The van der Waals surface area contributed by atoms with Crippen LogP contribution >= 0.6 is 0 Å². The molecule has 1 saturated carbocycles. The fourth-order valence-corrected chi connectivity index (χ4v) is 4.76. The summed E-state index contributed by atoms with van der Waals surface area (Å²) in [6, 6.07) is 1.29. The van der Waals surface area contributed by atoms with E-state index in [1.807, 2.05) is 0 Å². The van der Waals surface area contributed by atoms with Crippen molar-refractivity contribution in [1.82, 2.24) is 25.5 Å².